The molecule has 1 aromatic rings. The first kappa shape index (κ1) is 11.6. The van der Waals surface area contributed by atoms with Gasteiger partial charge in [-0.05, 0) is 6.07 Å². The van der Waals surface area contributed by atoms with E-state index in [1.165, 1.54) is 12.4 Å². The Morgan fingerprint density at radius 2 is 2.39 bits per heavy atom. The van der Waals surface area contributed by atoms with Crippen molar-refractivity contribution in [1.29, 1.82) is 0 Å². The number of carbonyl (C=O) groups excluding carboxylic acids is 1. The maximum absolute atomic E-state index is 12.4. The summed E-state index contributed by atoms with van der Waals surface area (Å²) in [7, 11) is 1.68. The predicted octanol–water partition coefficient (Wildman–Crippen LogP) is -0.0376. The highest BCUT2D eigenvalue weighted by Crippen LogP contribution is 2.32. The van der Waals surface area contributed by atoms with Crippen molar-refractivity contribution in [2.75, 3.05) is 26.9 Å². The van der Waals surface area contributed by atoms with Gasteiger partial charge in [-0.1, -0.05) is 0 Å². The largest absolute Gasteiger partial charge is 0.379 e. The van der Waals surface area contributed by atoms with Gasteiger partial charge in [0.05, 0.1) is 43.3 Å². The van der Waals surface area contributed by atoms with E-state index < -0.39 is 0 Å². The average Bonchev–Trinajstić information content (AvgIpc) is 3.00. The number of rotatable bonds is 2. The summed E-state index contributed by atoms with van der Waals surface area (Å²) in [5, 5.41) is 7.42. The van der Waals surface area contributed by atoms with Gasteiger partial charge in [0, 0.05) is 19.6 Å². The minimum absolute atomic E-state index is 0.0232. The minimum atomic E-state index is -0.0232. The number of carbonyl (C=O) groups is 1. The van der Waals surface area contributed by atoms with Gasteiger partial charge in [0.25, 0.3) is 5.91 Å². The molecule has 18 heavy (non-hydrogen) atoms. The molecule has 0 spiro atoms. The topological polar surface area (TPSA) is 64.5 Å². The van der Waals surface area contributed by atoms with Crippen molar-refractivity contribution in [2.24, 2.45) is 5.92 Å². The number of ether oxygens (including phenoxy) is 2. The molecule has 0 bridgehead atoms. The fourth-order valence-electron chi connectivity index (χ4n) is 2.77. The Labute approximate surface area is 105 Å². The Bertz CT molecular complexity index is 439. The summed E-state index contributed by atoms with van der Waals surface area (Å²) < 4.78 is 10.9. The van der Waals surface area contributed by atoms with Gasteiger partial charge in [0.1, 0.15) is 0 Å². The molecule has 96 valence electrons. The second-order valence-corrected chi connectivity index (χ2v) is 4.63. The van der Waals surface area contributed by atoms with E-state index in [1.54, 1.807) is 13.2 Å². The summed E-state index contributed by atoms with van der Waals surface area (Å²) in [6.07, 6.45) is 3.09. The molecule has 2 saturated heterocycles. The van der Waals surface area contributed by atoms with E-state index in [1.807, 2.05) is 4.90 Å². The second kappa shape index (κ2) is 4.62. The molecule has 0 aromatic carbocycles. The van der Waals surface area contributed by atoms with E-state index in [9.17, 15) is 4.79 Å². The van der Waals surface area contributed by atoms with Crippen LogP contribution >= 0.6 is 0 Å². The average molecular weight is 249 g/mol. The van der Waals surface area contributed by atoms with Gasteiger partial charge >= 0.3 is 0 Å². The van der Waals surface area contributed by atoms with Crippen molar-refractivity contribution < 1.29 is 14.3 Å². The molecule has 3 atom stereocenters. The Balaban J connectivity index is 1.82. The number of nitrogens with zero attached hydrogens (tertiary/aromatic N) is 3. The SMILES string of the molecule is CO[C@H]1CN(C(=O)c2ccnnc2)[C@H]2COC[C@@H]12. The number of methoxy groups -OCH3 is 1. The lowest BCUT2D eigenvalue weighted by molar-refractivity contribution is 0.0479. The molecule has 6 heteroatoms. The lowest BCUT2D eigenvalue weighted by Gasteiger charge is -2.22. The van der Waals surface area contributed by atoms with Crippen LogP contribution in [0.15, 0.2) is 18.5 Å². The third kappa shape index (κ3) is 1.77. The van der Waals surface area contributed by atoms with E-state index >= 15 is 0 Å². The standard InChI is InChI=1S/C12H15N3O3/c1-17-11-5-15(10-7-18-6-9(10)11)12(16)8-2-3-13-14-4-8/h2-4,9-11H,5-7H2,1H3/t9-,10+,11+/m1/s1. The number of hydrogen-bond donors (Lipinski definition) is 0. The number of amides is 1. The predicted molar refractivity (Wildman–Crippen MR) is 62.0 cm³/mol. The van der Waals surface area contributed by atoms with Gasteiger partial charge in [0.2, 0.25) is 0 Å². The van der Waals surface area contributed by atoms with Gasteiger partial charge in [-0.15, -0.1) is 0 Å². The zero-order chi connectivity index (χ0) is 12.5. The molecule has 1 aromatic heterocycles. The molecule has 6 nitrogen and oxygen atoms in total. The van der Waals surface area contributed by atoms with Crippen molar-refractivity contribution in [1.82, 2.24) is 15.1 Å². The van der Waals surface area contributed by atoms with Gasteiger partial charge in [-0.25, -0.2) is 0 Å². The molecule has 0 N–H and O–H groups in total. The molecular weight excluding hydrogens is 234 g/mol. The Morgan fingerprint density at radius 1 is 1.50 bits per heavy atom. The van der Waals surface area contributed by atoms with Crippen LogP contribution in [0.3, 0.4) is 0 Å². The van der Waals surface area contributed by atoms with Crippen molar-refractivity contribution in [3.05, 3.63) is 24.0 Å². The van der Waals surface area contributed by atoms with Gasteiger partial charge < -0.3 is 14.4 Å². The monoisotopic (exact) mass is 249 g/mol. The van der Waals surface area contributed by atoms with Gasteiger partial charge in [-0.3, -0.25) is 4.79 Å². The third-order valence-corrected chi connectivity index (χ3v) is 3.74. The molecule has 2 fully saturated rings. The Hall–Kier alpha value is -1.53. The van der Waals surface area contributed by atoms with Crippen molar-refractivity contribution in [2.45, 2.75) is 12.1 Å². The summed E-state index contributed by atoms with van der Waals surface area (Å²) in [6.45, 7) is 1.88. The minimum Gasteiger partial charge on any atom is -0.379 e. The lowest BCUT2D eigenvalue weighted by Crippen LogP contribution is -2.38. The molecule has 1 amide bonds. The molecule has 0 unspecified atom stereocenters. The van der Waals surface area contributed by atoms with Crippen LogP contribution in [0, 0.1) is 5.92 Å². The van der Waals surface area contributed by atoms with Crippen molar-refractivity contribution >= 4 is 5.91 Å². The normalized spacial score (nSPS) is 30.5. The molecule has 3 rings (SSSR count). The van der Waals surface area contributed by atoms with Crippen LogP contribution in [0.4, 0.5) is 0 Å². The van der Waals surface area contributed by atoms with Crippen molar-refractivity contribution in [3.8, 4) is 0 Å². The van der Waals surface area contributed by atoms with Crippen LogP contribution in [0.5, 0.6) is 0 Å². The maximum Gasteiger partial charge on any atom is 0.255 e. The van der Waals surface area contributed by atoms with E-state index in [0.717, 1.165) is 0 Å². The van der Waals surface area contributed by atoms with E-state index in [0.29, 0.717) is 25.3 Å². The van der Waals surface area contributed by atoms with Crippen LogP contribution < -0.4 is 0 Å². The highest BCUT2D eigenvalue weighted by atomic mass is 16.5. The summed E-state index contributed by atoms with van der Waals surface area (Å²) >= 11 is 0. The Morgan fingerprint density at radius 3 is 3.11 bits per heavy atom. The molecule has 2 aliphatic rings. The van der Waals surface area contributed by atoms with E-state index in [-0.39, 0.29) is 24.0 Å². The van der Waals surface area contributed by atoms with Crippen LogP contribution in [0.2, 0.25) is 0 Å². The van der Waals surface area contributed by atoms with Crippen LogP contribution in [0.1, 0.15) is 10.4 Å². The molecule has 3 heterocycles. The highest BCUT2D eigenvalue weighted by Gasteiger charge is 2.47. The smallest absolute Gasteiger partial charge is 0.255 e. The Kier molecular flexibility index (Phi) is 2.97. The summed E-state index contributed by atoms with van der Waals surface area (Å²) in [6, 6.07) is 1.80. The number of fused-ring (bicyclic) bond motifs is 1. The number of aromatic nitrogens is 2. The van der Waals surface area contributed by atoms with Crippen LogP contribution in [-0.4, -0.2) is 60.0 Å². The van der Waals surface area contributed by atoms with E-state index in [4.69, 9.17) is 9.47 Å². The molecule has 0 radical (unpaired) electrons. The first-order valence-electron chi connectivity index (χ1n) is 5.99. The molecule has 0 aliphatic carbocycles. The molecule has 2 aliphatic heterocycles. The number of hydrogen-bond acceptors (Lipinski definition) is 5. The summed E-state index contributed by atoms with van der Waals surface area (Å²) in [5.74, 6) is 0.263. The van der Waals surface area contributed by atoms with Crippen LogP contribution in [0.25, 0.3) is 0 Å². The zero-order valence-electron chi connectivity index (χ0n) is 10.2. The summed E-state index contributed by atoms with van der Waals surface area (Å²) in [4.78, 5) is 14.2. The zero-order valence-corrected chi connectivity index (χ0v) is 10.2. The van der Waals surface area contributed by atoms with Gasteiger partial charge in [0.15, 0.2) is 0 Å². The van der Waals surface area contributed by atoms with Crippen LogP contribution in [-0.2, 0) is 9.47 Å². The third-order valence-electron chi connectivity index (χ3n) is 3.74. The first-order chi connectivity index (χ1) is 8.81. The lowest BCUT2D eigenvalue weighted by atomic mass is 10.0. The fraction of sp³-hybridized carbons (Fsp3) is 0.583. The van der Waals surface area contributed by atoms with Crippen molar-refractivity contribution in [3.63, 3.8) is 0 Å². The van der Waals surface area contributed by atoms with E-state index in [2.05, 4.69) is 10.2 Å². The summed E-state index contributed by atoms with van der Waals surface area (Å²) in [5.41, 5.74) is 0.562. The highest BCUT2D eigenvalue weighted by molar-refractivity contribution is 5.94. The van der Waals surface area contributed by atoms with Gasteiger partial charge in [-0.2, -0.15) is 10.2 Å². The second-order valence-electron chi connectivity index (χ2n) is 4.63. The number of likely N-dealkylation sites (tertiary alicyclic amines) is 1. The molecule has 0 saturated carbocycles. The molecular formula is C12H15N3O3. The first-order valence-corrected chi connectivity index (χ1v) is 5.99. The maximum atomic E-state index is 12.4. The fourth-order valence-corrected chi connectivity index (χ4v) is 2.77. The quantitative estimate of drug-likeness (QED) is 0.736.